The van der Waals surface area contributed by atoms with Gasteiger partial charge in [0.25, 0.3) is 0 Å². The molecular weight excluding hydrogens is 188 g/mol. The minimum atomic E-state index is 0.650. The van der Waals surface area contributed by atoms with Gasteiger partial charge in [0.15, 0.2) is 0 Å². The Kier molecular flexibility index (Phi) is 4.68. The number of nitrogens with one attached hydrogen (secondary N) is 1. The number of rotatable bonds is 5. The van der Waals surface area contributed by atoms with Gasteiger partial charge in [0.2, 0.25) is 5.88 Å². The minimum Gasteiger partial charge on any atom is -0.478 e. The second kappa shape index (κ2) is 6.06. The number of aromatic nitrogens is 1. The second-order valence-corrected chi connectivity index (χ2v) is 3.48. The van der Waals surface area contributed by atoms with Crippen molar-refractivity contribution in [3.05, 3.63) is 30.0 Å². The quantitative estimate of drug-likeness (QED) is 0.752. The van der Waals surface area contributed by atoms with Gasteiger partial charge in [0.05, 0.1) is 18.5 Å². The van der Waals surface area contributed by atoms with Gasteiger partial charge in [0.1, 0.15) is 0 Å². The van der Waals surface area contributed by atoms with Crippen LogP contribution in [0.3, 0.4) is 0 Å². The molecule has 0 bridgehead atoms. The van der Waals surface area contributed by atoms with Crippen molar-refractivity contribution >= 4 is 5.69 Å². The molecule has 0 fully saturated rings. The number of hydrogen-bond donors (Lipinski definition) is 1. The highest BCUT2D eigenvalue weighted by molar-refractivity contribution is 5.42. The number of pyridine rings is 1. The van der Waals surface area contributed by atoms with Crippen molar-refractivity contribution < 1.29 is 4.74 Å². The zero-order valence-corrected chi connectivity index (χ0v) is 9.58. The Hall–Kier alpha value is -1.51. The standard InChI is InChI=1S/C12H18N2O/c1-4-15-12-6-5-11(9-14-12)13-8-7-10(2)3/h5-7,9,13H,4,8H2,1-3H3. The van der Waals surface area contributed by atoms with Crippen molar-refractivity contribution in [1.82, 2.24) is 4.98 Å². The van der Waals surface area contributed by atoms with Crippen molar-refractivity contribution in [1.29, 1.82) is 0 Å². The lowest BCUT2D eigenvalue weighted by atomic mass is 10.3. The number of ether oxygens (including phenoxy) is 1. The van der Waals surface area contributed by atoms with Crippen LogP contribution in [0, 0.1) is 0 Å². The lowest BCUT2D eigenvalue weighted by Crippen LogP contribution is -2.00. The van der Waals surface area contributed by atoms with E-state index >= 15 is 0 Å². The van der Waals surface area contributed by atoms with Crippen LogP contribution in [0.2, 0.25) is 0 Å². The van der Waals surface area contributed by atoms with E-state index in [1.807, 2.05) is 19.1 Å². The van der Waals surface area contributed by atoms with Gasteiger partial charge in [-0.3, -0.25) is 0 Å². The van der Waals surface area contributed by atoms with Crippen molar-refractivity contribution in [3.8, 4) is 5.88 Å². The molecule has 0 saturated heterocycles. The number of hydrogen-bond acceptors (Lipinski definition) is 3. The van der Waals surface area contributed by atoms with E-state index in [1.54, 1.807) is 6.20 Å². The highest BCUT2D eigenvalue weighted by atomic mass is 16.5. The Morgan fingerprint density at radius 3 is 2.80 bits per heavy atom. The molecule has 0 unspecified atom stereocenters. The highest BCUT2D eigenvalue weighted by Crippen LogP contribution is 2.11. The summed E-state index contributed by atoms with van der Waals surface area (Å²) in [4.78, 5) is 4.16. The first kappa shape index (κ1) is 11.6. The van der Waals surface area contributed by atoms with E-state index in [0.29, 0.717) is 12.5 Å². The third-order valence-electron chi connectivity index (χ3n) is 1.85. The molecule has 15 heavy (non-hydrogen) atoms. The molecule has 1 heterocycles. The molecule has 3 nitrogen and oxygen atoms in total. The minimum absolute atomic E-state index is 0.650. The summed E-state index contributed by atoms with van der Waals surface area (Å²) in [5, 5.41) is 3.25. The average molecular weight is 206 g/mol. The summed E-state index contributed by atoms with van der Waals surface area (Å²) in [5.74, 6) is 0.672. The molecule has 1 rings (SSSR count). The van der Waals surface area contributed by atoms with Crippen LogP contribution in [0.25, 0.3) is 0 Å². The van der Waals surface area contributed by atoms with Gasteiger partial charge >= 0.3 is 0 Å². The van der Waals surface area contributed by atoms with Gasteiger partial charge in [0, 0.05) is 12.6 Å². The van der Waals surface area contributed by atoms with Gasteiger partial charge in [-0.05, 0) is 26.8 Å². The molecule has 0 aromatic carbocycles. The Morgan fingerprint density at radius 1 is 1.47 bits per heavy atom. The molecule has 1 aromatic heterocycles. The zero-order chi connectivity index (χ0) is 11.1. The van der Waals surface area contributed by atoms with Crippen molar-refractivity contribution in [2.75, 3.05) is 18.5 Å². The fraction of sp³-hybridized carbons (Fsp3) is 0.417. The normalized spacial score (nSPS) is 9.53. The Labute approximate surface area is 91.2 Å². The molecule has 0 radical (unpaired) electrons. The third kappa shape index (κ3) is 4.49. The molecule has 3 heteroatoms. The van der Waals surface area contributed by atoms with E-state index in [9.17, 15) is 0 Å². The molecule has 1 aromatic rings. The molecule has 0 aliphatic carbocycles. The van der Waals surface area contributed by atoms with Crippen LogP contribution in [0.1, 0.15) is 20.8 Å². The van der Waals surface area contributed by atoms with E-state index in [2.05, 4.69) is 30.2 Å². The first-order valence-electron chi connectivity index (χ1n) is 5.18. The molecule has 0 spiro atoms. The summed E-state index contributed by atoms with van der Waals surface area (Å²) in [5.41, 5.74) is 2.32. The molecular formula is C12H18N2O. The second-order valence-electron chi connectivity index (χ2n) is 3.48. The summed E-state index contributed by atoms with van der Waals surface area (Å²) in [6.45, 7) is 7.59. The largest absolute Gasteiger partial charge is 0.478 e. The topological polar surface area (TPSA) is 34.1 Å². The number of anilines is 1. The monoisotopic (exact) mass is 206 g/mol. The van der Waals surface area contributed by atoms with Crippen molar-refractivity contribution in [2.45, 2.75) is 20.8 Å². The number of allylic oxidation sites excluding steroid dienone is 1. The van der Waals surface area contributed by atoms with Crippen LogP contribution in [0.5, 0.6) is 5.88 Å². The van der Waals surface area contributed by atoms with Crippen LogP contribution in [-0.2, 0) is 0 Å². The average Bonchev–Trinajstić information content (AvgIpc) is 2.20. The highest BCUT2D eigenvalue weighted by Gasteiger charge is 1.94. The van der Waals surface area contributed by atoms with Gasteiger partial charge in [-0.1, -0.05) is 11.6 Å². The molecule has 82 valence electrons. The van der Waals surface area contributed by atoms with E-state index < -0.39 is 0 Å². The van der Waals surface area contributed by atoms with Gasteiger partial charge in [-0.25, -0.2) is 4.98 Å². The lowest BCUT2D eigenvalue weighted by Gasteiger charge is -2.05. The molecule has 0 aliphatic rings. The SMILES string of the molecule is CCOc1ccc(NCC=C(C)C)cn1. The summed E-state index contributed by atoms with van der Waals surface area (Å²) in [6.07, 6.45) is 3.92. The van der Waals surface area contributed by atoms with Gasteiger partial charge < -0.3 is 10.1 Å². The molecule has 0 atom stereocenters. The van der Waals surface area contributed by atoms with Crippen LogP contribution in [0.4, 0.5) is 5.69 Å². The Bertz CT molecular complexity index is 313. The zero-order valence-electron chi connectivity index (χ0n) is 9.58. The van der Waals surface area contributed by atoms with Crippen molar-refractivity contribution in [2.24, 2.45) is 0 Å². The fourth-order valence-electron chi connectivity index (χ4n) is 1.09. The first-order chi connectivity index (χ1) is 7.22. The maximum Gasteiger partial charge on any atom is 0.213 e. The summed E-state index contributed by atoms with van der Waals surface area (Å²) in [6, 6.07) is 3.84. The molecule has 0 saturated carbocycles. The predicted molar refractivity (Wildman–Crippen MR) is 63.3 cm³/mol. The lowest BCUT2D eigenvalue weighted by molar-refractivity contribution is 0.327. The Balaban J connectivity index is 2.46. The summed E-state index contributed by atoms with van der Waals surface area (Å²) in [7, 11) is 0. The third-order valence-corrected chi connectivity index (χ3v) is 1.85. The van der Waals surface area contributed by atoms with Crippen LogP contribution in [0.15, 0.2) is 30.0 Å². The molecule has 1 N–H and O–H groups in total. The maximum atomic E-state index is 5.25. The van der Waals surface area contributed by atoms with Gasteiger partial charge in [-0.15, -0.1) is 0 Å². The Morgan fingerprint density at radius 2 is 2.27 bits per heavy atom. The molecule has 0 amide bonds. The van der Waals surface area contributed by atoms with Crippen molar-refractivity contribution in [3.63, 3.8) is 0 Å². The predicted octanol–water partition coefficient (Wildman–Crippen LogP) is 2.86. The van der Waals surface area contributed by atoms with E-state index in [1.165, 1.54) is 5.57 Å². The summed E-state index contributed by atoms with van der Waals surface area (Å²) < 4.78 is 5.25. The summed E-state index contributed by atoms with van der Waals surface area (Å²) >= 11 is 0. The van der Waals surface area contributed by atoms with E-state index in [0.717, 1.165) is 12.2 Å². The fourth-order valence-corrected chi connectivity index (χ4v) is 1.09. The van der Waals surface area contributed by atoms with E-state index in [4.69, 9.17) is 4.74 Å². The first-order valence-corrected chi connectivity index (χ1v) is 5.18. The molecule has 0 aliphatic heterocycles. The smallest absolute Gasteiger partial charge is 0.213 e. The van der Waals surface area contributed by atoms with Crippen LogP contribution >= 0.6 is 0 Å². The van der Waals surface area contributed by atoms with Gasteiger partial charge in [-0.2, -0.15) is 0 Å². The van der Waals surface area contributed by atoms with Crippen LogP contribution in [-0.4, -0.2) is 18.1 Å². The van der Waals surface area contributed by atoms with Crippen LogP contribution < -0.4 is 10.1 Å². The maximum absolute atomic E-state index is 5.25. The van der Waals surface area contributed by atoms with E-state index in [-0.39, 0.29) is 0 Å². The number of nitrogens with zero attached hydrogens (tertiary/aromatic N) is 1.